The molecule has 108 valence electrons. The Hall–Kier alpha value is -1.84. The molecular formula is C17H17ClN2O. The highest BCUT2D eigenvalue weighted by Crippen LogP contribution is 2.39. The molecule has 0 radical (unpaired) electrons. The van der Waals surface area contributed by atoms with Crippen molar-refractivity contribution in [1.29, 1.82) is 0 Å². The van der Waals surface area contributed by atoms with Crippen LogP contribution in [0.2, 0.25) is 5.02 Å². The molecule has 1 saturated heterocycles. The van der Waals surface area contributed by atoms with Gasteiger partial charge in [0, 0.05) is 10.7 Å². The summed E-state index contributed by atoms with van der Waals surface area (Å²) in [4.78, 5) is 13.9. The average molecular weight is 301 g/mol. The second-order valence-corrected chi connectivity index (χ2v) is 5.94. The molecule has 0 saturated carbocycles. The lowest BCUT2D eigenvalue weighted by Gasteiger charge is -2.45. The van der Waals surface area contributed by atoms with Gasteiger partial charge in [-0.3, -0.25) is 4.79 Å². The number of hydrogen-bond acceptors (Lipinski definition) is 2. The zero-order valence-corrected chi connectivity index (χ0v) is 12.8. The summed E-state index contributed by atoms with van der Waals surface area (Å²) in [7, 11) is 0. The number of carbonyl (C=O) groups excluding carboxylic acids is 1. The molecule has 0 aliphatic carbocycles. The minimum atomic E-state index is -0.509. The van der Waals surface area contributed by atoms with Crippen LogP contribution in [-0.2, 0) is 4.79 Å². The summed E-state index contributed by atoms with van der Waals surface area (Å²) in [5.41, 5.74) is 10.2. The van der Waals surface area contributed by atoms with Crippen molar-refractivity contribution in [2.45, 2.75) is 25.9 Å². The minimum absolute atomic E-state index is 0.0526. The molecule has 2 aromatic rings. The van der Waals surface area contributed by atoms with E-state index in [1.807, 2.05) is 49.4 Å². The number of β-lactam (4-membered cyclic amide) rings is 1. The number of halogens is 1. The van der Waals surface area contributed by atoms with Gasteiger partial charge in [-0.1, -0.05) is 29.8 Å². The van der Waals surface area contributed by atoms with Crippen molar-refractivity contribution >= 4 is 23.2 Å². The molecule has 0 spiro atoms. The maximum absolute atomic E-state index is 12.2. The Labute approximate surface area is 129 Å². The third-order valence-corrected chi connectivity index (χ3v) is 4.33. The monoisotopic (exact) mass is 300 g/mol. The Morgan fingerprint density at radius 3 is 2.52 bits per heavy atom. The maximum atomic E-state index is 12.2. The van der Waals surface area contributed by atoms with Crippen LogP contribution in [0.3, 0.4) is 0 Å². The molecule has 1 aliphatic rings. The highest BCUT2D eigenvalue weighted by molar-refractivity contribution is 6.30. The first kappa shape index (κ1) is 14.1. The Balaban J connectivity index is 2.00. The highest BCUT2D eigenvalue weighted by Gasteiger charge is 2.46. The lowest BCUT2D eigenvalue weighted by atomic mass is 9.88. The minimum Gasteiger partial charge on any atom is -0.318 e. The van der Waals surface area contributed by atoms with Crippen LogP contribution in [0.4, 0.5) is 5.69 Å². The fraction of sp³-hybridized carbons (Fsp3) is 0.235. The van der Waals surface area contributed by atoms with E-state index in [4.69, 9.17) is 17.3 Å². The van der Waals surface area contributed by atoms with Gasteiger partial charge in [0.2, 0.25) is 5.91 Å². The molecule has 2 N–H and O–H groups in total. The Morgan fingerprint density at radius 2 is 1.86 bits per heavy atom. The average Bonchev–Trinajstić information content (AvgIpc) is 2.46. The molecule has 0 bridgehead atoms. The van der Waals surface area contributed by atoms with Crippen LogP contribution in [0.5, 0.6) is 0 Å². The molecule has 0 aromatic heterocycles. The first-order valence-corrected chi connectivity index (χ1v) is 7.28. The van der Waals surface area contributed by atoms with Crippen LogP contribution in [0.25, 0.3) is 0 Å². The van der Waals surface area contributed by atoms with E-state index >= 15 is 0 Å². The van der Waals surface area contributed by atoms with Crippen LogP contribution in [0.1, 0.15) is 22.7 Å². The van der Waals surface area contributed by atoms with Crippen molar-refractivity contribution in [3.05, 3.63) is 64.2 Å². The van der Waals surface area contributed by atoms with Gasteiger partial charge in [0.1, 0.15) is 6.04 Å². The predicted molar refractivity (Wildman–Crippen MR) is 85.6 cm³/mol. The summed E-state index contributed by atoms with van der Waals surface area (Å²) in [5, 5.41) is 0.652. The molecule has 1 fully saturated rings. The van der Waals surface area contributed by atoms with Crippen molar-refractivity contribution in [3.8, 4) is 0 Å². The second kappa shape index (κ2) is 5.17. The van der Waals surface area contributed by atoms with Crippen LogP contribution < -0.4 is 10.6 Å². The van der Waals surface area contributed by atoms with E-state index in [9.17, 15) is 4.79 Å². The van der Waals surface area contributed by atoms with E-state index in [0.717, 1.165) is 16.8 Å². The summed E-state index contributed by atoms with van der Waals surface area (Å²) in [5.74, 6) is -0.0526. The van der Waals surface area contributed by atoms with Crippen LogP contribution in [0.15, 0.2) is 42.5 Å². The number of carbonyl (C=O) groups is 1. The van der Waals surface area contributed by atoms with E-state index in [1.165, 1.54) is 5.56 Å². The Bertz CT molecular complexity index is 714. The first-order valence-electron chi connectivity index (χ1n) is 6.90. The van der Waals surface area contributed by atoms with E-state index in [-0.39, 0.29) is 11.9 Å². The number of hydrogen-bond donors (Lipinski definition) is 1. The van der Waals surface area contributed by atoms with Gasteiger partial charge in [-0.15, -0.1) is 0 Å². The van der Waals surface area contributed by atoms with E-state index in [0.29, 0.717) is 5.02 Å². The third-order valence-electron chi connectivity index (χ3n) is 4.10. The topological polar surface area (TPSA) is 46.3 Å². The number of nitrogens with two attached hydrogens (primary N) is 1. The summed E-state index contributed by atoms with van der Waals surface area (Å²) in [6, 6.07) is 12.9. The molecule has 2 aromatic carbocycles. The molecule has 4 heteroatoms. The van der Waals surface area contributed by atoms with Crippen molar-refractivity contribution in [2.24, 2.45) is 5.73 Å². The van der Waals surface area contributed by atoms with Gasteiger partial charge in [0.05, 0.1) is 6.04 Å². The van der Waals surface area contributed by atoms with E-state index < -0.39 is 6.04 Å². The number of anilines is 1. The fourth-order valence-electron chi connectivity index (χ4n) is 2.72. The quantitative estimate of drug-likeness (QED) is 0.864. The molecular weight excluding hydrogens is 284 g/mol. The van der Waals surface area contributed by atoms with Crippen molar-refractivity contribution in [1.82, 2.24) is 0 Å². The van der Waals surface area contributed by atoms with E-state index in [1.54, 1.807) is 4.90 Å². The van der Waals surface area contributed by atoms with Gasteiger partial charge in [0.15, 0.2) is 0 Å². The van der Waals surface area contributed by atoms with Gasteiger partial charge < -0.3 is 10.6 Å². The molecule has 1 aliphatic heterocycles. The maximum Gasteiger partial charge on any atom is 0.247 e. The molecule has 2 atom stereocenters. The second-order valence-electron chi connectivity index (χ2n) is 5.50. The normalized spacial score (nSPS) is 21.3. The molecule has 21 heavy (non-hydrogen) atoms. The first-order chi connectivity index (χ1) is 9.99. The van der Waals surface area contributed by atoms with Crippen LogP contribution >= 0.6 is 11.6 Å². The lowest BCUT2D eigenvalue weighted by molar-refractivity contribution is -0.126. The number of amides is 1. The van der Waals surface area contributed by atoms with Crippen LogP contribution in [-0.4, -0.2) is 11.9 Å². The van der Waals surface area contributed by atoms with Gasteiger partial charge in [-0.25, -0.2) is 0 Å². The summed E-state index contributed by atoms with van der Waals surface area (Å²) < 4.78 is 0. The Morgan fingerprint density at radius 1 is 1.10 bits per heavy atom. The number of nitrogens with zero attached hydrogens (tertiary/aromatic N) is 1. The predicted octanol–water partition coefficient (Wildman–Crippen LogP) is 3.37. The van der Waals surface area contributed by atoms with Crippen molar-refractivity contribution in [3.63, 3.8) is 0 Å². The molecule has 3 rings (SSSR count). The molecule has 1 heterocycles. The number of benzene rings is 2. The Kier molecular flexibility index (Phi) is 3.47. The smallest absolute Gasteiger partial charge is 0.247 e. The lowest BCUT2D eigenvalue weighted by Crippen LogP contribution is -2.63. The summed E-state index contributed by atoms with van der Waals surface area (Å²) >= 11 is 6.05. The van der Waals surface area contributed by atoms with Crippen molar-refractivity contribution in [2.75, 3.05) is 4.90 Å². The number of aryl methyl sites for hydroxylation is 2. The van der Waals surface area contributed by atoms with Gasteiger partial charge in [-0.2, -0.15) is 0 Å². The highest BCUT2D eigenvalue weighted by atomic mass is 35.5. The standard InChI is InChI=1S/C17H17ClN2O/c1-10-6-7-14(8-11(10)2)20-16(15(19)17(20)21)12-4-3-5-13(18)9-12/h3-9,15-16H,19H2,1-2H3/t15-,16-/m1/s1. The van der Waals surface area contributed by atoms with E-state index in [2.05, 4.69) is 6.92 Å². The van der Waals surface area contributed by atoms with Gasteiger partial charge in [0.25, 0.3) is 0 Å². The zero-order chi connectivity index (χ0) is 15.1. The third kappa shape index (κ3) is 2.33. The zero-order valence-electron chi connectivity index (χ0n) is 12.0. The molecule has 1 amide bonds. The number of rotatable bonds is 2. The SMILES string of the molecule is Cc1ccc(N2C(=O)[C@H](N)[C@H]2c2cccc(Cl)c2)cc1C. The van der Waals surface area contributed by atoms with Gasteiger partial charge >= 0.3 is 0 Å². The summed E-state index contributed by atoms with van der Waals surface area (Å²) in [6.45, 7) is 4.09. The van der Waals surface area contributed by atoms with Crippen molar-refractivity contribution < 1.29 is 4.79 Å². The fourth-order valence-corrected chi connectivity index (χ4v) is 2.92. The largest absolute Gasteiger partial charge is 0.318 e. The van der Waals surface area contributed by atoms with Gasteiger partial charge in [-0.05, 0) is 54.8 Å². The molecule has 3 nitrogen and oxygen atoms in total. The van der Waals surface area contributed by atoms with Crippen LogP contribution in [0, 0.1) is 13.8 Å². The summed E-state index contributed by atoms with van der Waals surface area (Å²) in [6.07, 6.45) is 0. The molecule has 0 unspecified atom stereocenters.